The van der Waals surface area contributed by atoms with E-state index in [0.29, 0.717) is 5.92 Å². The predicted octanol–water partition coefficient (Wildman–Crippen LogP) is 4.05. The van der Waals surface area contributed by atoms with Gasteiger partial charge < -0.3 is 15.5 Å². The minimum absolute atomic E-state index is 0.657. The molecule has 1 saturated heterocycles. The summed E-state index contributed by atoms with van der Waals surface area (Å²) in [7, 11) is 0. The van der Waals surface area contributed by atoms with E-state index in [9.17, 15) is 0 Å². The van der Waals surface area contributed by atoms with Crippen LogP contribution in [0, 0.1) is 5.92 Å². The lowest BCUT2D eigenvalue weighted by Gasteiger charge is -2.42. The Bertz CT molecular complexity index is 1030. The van der Waals surface area contributed by atoms with E-state index in [1.165, 1.54) is 48.3 Å². The van der Waals surface area contributed by atoms with Crippen LogP contribution in [0.4, 0.5) is 17.1 Å². The van der Waals surface area contributed by atoms with Crippen LogP contribution in [0.1, 0.15) is 23.5 Å². The first-order chi connectivity index (χ1) is 13.3. The number of hydrogen-bond donors (Lipinski definition) is 2. The molecule has 27 heavy (non-hydrogen) atoms. The molecule has 4 heterocycles. The molecule has 2 atom stereocenters. The van der Waals surface area contributed by atoms with E-state index in [2.05, 4.69) is 56.9 Å². The van der Waals surface area contributed by atoms with Gasteiger partial charge in [0.1, 0.15) is 0 Å². The Balaban J connectivity index is 1.41. The fraction of sp³-hybridized carbons (Fsp3) is 0.348. The number of nitrogens with zero attached hydrogens (tertiary/aromatic N) is 2. The lowest BCUT2D eigenvalue weighted by atomic mass is 9.80. The molecule has 6 rings (SSSR count). The van der Waals surface area contributed by atoms with Crippen LogP contribution in [0.5, 0.6) is 0 Å². The third kappa shape index (κ3) is 2.51. The lowest BCUT2D eigenvalue weighted by Crippen LogP contribution is -2.41. The molecule has 3 aromatic rings. The minimum Gasteiger partial charge on any atom is -0.371 e. The Kier molecular flexibility index (Phi) is 3.41. The van der Waals surface area contributed by atoms with E-state index in [1.807, 2.05) is 12.3 Å². The Morgan fingerprint density at radius 3 is 3.04 bits per heavy atom. The maximum Gasteiger partial charge on any atom is 0.0703 e. The quantitative estimate of drug-likeness (QED) is 0.727. The van der Waals surface area contributed by atoms with E-state index in [0.717, 1.165) is 30.2 Å². The number of anilines is 3. The van der Waals surface area contributed by atoms with Gasteiger partial charge in [-0.1, -0.05) is 18.2 Å². The third-order valence-electron chi connectivity index (χ3n) is 6.48. The summed E-state index contributed by atoms with van der Waals surface area (Å²) < 4.78 is 0. The van der Waals surface area contributed by atoms with Crippen molar-refractivity contribution in [2.45, 2.75) is 18.8 Å². The second-order valence-corrected chi connectivity index (χ2v) is 8.19. The second-order valence-electron chi connectivity index (χ2n) is 8.19. The maximum atomic E-state index is 4.60. The fourth-order valence-corrected chi connectivity index (χ4v) is 5.28. The van der Waals surface area contributed by atoms with Crippen molar-refractivity contribution in [3.8, 4) is 0 Å². The molecule has 0 aliphatic carbocycles. The number of aromatic nitrogens is 1. The zero-order valence-electron chi connectivity index (χ0n) is 15.4. The summed E-state index contributed by atoms with van der Waals surface area (Å²) in [6.45, 7) is 4.71. The van der Waals surface area contributed by atoms with Crippen molar-refractivity contribution in [1.29, 1.82) is 0 Å². The molecule has 4 heteroatoms. The molecule has 2 N–H and O–H groups in total. The standard InChI is InChI=1S/C23H24N4/c1-2-6-22-15(4-1)8-19(12-25-22)26-18-9-16-5-3-7-27-14-17-11-24-13-21(17)20(10-18)23(16)27/h1-2,4,6,8-10,12,17,21,24,26H,3,5,7,11,13-14H2. The highest BCUT2D eigenvalue weighted by Gasteiger charge is 2.38. The van der Waals surface area contributed by atoms with Crippen molar-refractivity contribution < 1.29 is 0 Å². The highest BCUT2D eigenvalue weighted by Crippen LogP contribution is 2.46. The first-order valence-electron chi connectivity index (χ1n) is 10.1. The van der Waals surface area contributed by atoms with Gasteiger partial charge in [0.2, 0.25) is 0 Å². The normalized spacial score (nSPS) is 23.2. The number of pyridine rings is 1. The molecule has 3 aliphatic rings. The largest absolute Gasteiger partial charge is 0.371 e. The summed E-state index contributed by atoms with van der Waals surface area (Å²) in [5.74, 6) is 1.41. The number of benzene rings is 2. The van der Waals surface area contributed by atoms with Gasteiger partial charge in [-0.2, -0.15) is 0 Å². The van der Waals surface area contributed by atoms with E-state index in [-0.39, 0.29) is 0 Å². The van der Waals surface area contributed by atoms with Crippen LogP contribution in [-0.2, 0) is 6.42 Å². The van der Waals surface area contributed by atoms with Gasteiger partial charge in [0.05, 0.1) is 17.4 Å². The van der Waals surface area contributed by atoms with Gasteiger partial charge in [0.25, 0.3) is 0 Å². The smallest absolute Gasteiger partial charge is 0.0703 e. The highest BCUT2D eigenvalue weighted by atomic mass is 15.2. The minimum atomic E-state index is 0.657. The molecule has 136 valence electrons. The number of rotatable bonds is 2. The van der Waals surface area contributed by atoms with E-state index >= 15 is 0 Å². The van der Waals surface area contributed by atoms with Crippen molar-refractivity contribution in [3.05, 3.63) is 59.8 Å². The summed E-state index contributed by atoms with van der Waals surface area (Å²) in [5.41, 5.74) is 7.90. The van der Waals surface area contributed by atoms with Gasteiger partial charge in [-0.25, -0.2) is 0 Å². The van der Waals surface area contributed by atoms with Gasteiger partial charge in [-0.15, -0.1) is 0 Å². The molecule has 0 spiro atoms. The number of hydrogen-bond acceptors (Lipinski definition) is 4. The van der Waals surface area contributed by atoms with Crippen LogP contribution in [0.25, 0.3) is 10.9 Å². The summed E-state index contributed by atoms with van der Waals surface area (Å²) in [6.07, 6.45) is 4.40. The first-order valence-corrected chi connectivity index (χ1v) is 10.1. The zero-order valence-corrected chi connectivity index (χ0v) is 15.4. The monoisotopic (exact) mass is 356 g/mol. The Labute approximate surface area is 159 Å². The van der Waals surface area contributed by atoms with Crippen LogP contribution < -0.4 is 15.5 Å². The number of aryl methyl sites for hydroxylation is 1. The van der Waals surface area contributed by atoms with E-state index in [4.69, 9.17) is 0 Å². The van der Waals surface area contributed by atoms with Crippen LogP contribution in [0.2, 0.25) is 0 Å². The topological polar surface area (TPSA) is 40.2 Å². The number of nitrogens with one attached hydrogen (secondary N) is 2. The number of para-hydroxylation sites is 1. The van der Waals surface area contributed by atoms with Gasteiger partial charge in [0.15, 0.2) is 0 Å². The molecule has 0 bridgehead atoms. The molecule has 0 saturated carbocycles. The average molecular weight is 356 g/mol. The molecule has 2 aromatic carbocycles. The Morgan fingerprint density at radius 1 is 1.07 bits per heavy atom. The van der Waals surface area contributed by atoms with Crippen molar-refractivity contribution in [3.63, 3.8) is 0 Å². The molecule has 2 unspecified atom stereocenters. The van der Waals surface area contributed by atoms with Crippen molar-refractivity contribution in [2.24, 2.45) is 5.92 Å². The van der Waals surface area contributed by atoms with Crippen LogP contribution in [-0.4, -0.2) is 31.2 Å². The molecule has 0 amide bonds. The Hall–Kier alpha value is -2.59. The molecule has 0 radical (unpaired) electrons. The van der Waals surface area contributed by atoms with Gasteiger partial charge in [-0.3, -0.25) is 4.98 Å². The summed E-state index contributed by atoms with van der Waals surface area (Å²) in [6, 6.07) is 15.2. The lowest BCUT2D eigenvalue weighted by molar-refractivity contribution is 0.470. The third-order valence-corrected chi connectivity index (χ3v) is 6.48. The van der Waals surface area contributed by atoms with Crippen LogP contribution in [0.3, 0.4) is 0 Å². The maximum absolute atomic E-state index is 4.60. The highest BCUT2D eigenvalue weighted by molar-refractivity contribution is 5.83. The van der Waals surface area contributed by atoms with E-state index in [1.54, 1.807) is 5.56 Å². The Morgan fingerprint density at radius 2 is 2.04 bits per heavy atom. The van der Waals surface area contributed by atoms with Crippen molar-refractivity contribution in [1.82, 2.24) is 10.3 Å². The molecule has 1 fully saturated rings. The van der Waals surface area contributed by atoms with Gasteiger partial charge >= 0.3 is 0 Å². The second kappa shape index (κ2) is 5.96. The summed E-state index contributed by atoms with van der Waals surface area (Å²) >= 11 is 0. The van der Waals surface area contributed by atoms with Gasteiger partial charge in [0, 0.05) is 48.9 Å². The SMILES string of the molecule is c1ccc2ncc(Nc3cc4c5c(c3)C3CNCC3CN5CCC4)cc2c1. The summed E-state index contributed by atoms with van der Waals surface area (Å²) in [5, 5.41) is 8.43. The van der Waals surface area contributed by atoms with Crippen molar-refractivity contribution in [2.75, 3.05) is 36.4 Å². The fourth-order valence-electron chi connectivity index (χ4n) is 5.28. The molecular weight excluding hydrogens is 332 g/mol. The van der Waals surface area contributed by atoms with Gasteiger partial charge in [-0.05, 0) is 54.2 Å². The van der Waals surface area contributed by atoms with Crippen LogP contribution >= 0.6 is 0 Å². The zero-order chi connectivity index (χ0) is 17.8. The molecule has 4 nitrogen and oxygen atoms in total. The number of fused-ring (bicyclic) bond motifs is 3. The van der Waals surface area contributed by atoms with E-state index < -0.39 is 0 Å². The first kappa shape index (κ1) is 15.5. The molecule has 1 aromatic heterocycles. The summed E-state index contributed by atoms with van der Waals surface area (Å²) in [4.78, 5) is 7.25. The predicted molar refractivity (Wildman–Crippen MR) is 111 cm³/mol. The van der Waals surface area contributed by atoms with Crippen molar-refractivity contribution >= 4 is 28.0 Å². The molecular formula is C23H24N4. The molecule has 3 aliphatic heterocycles. The van der Waals surface area contributed by atoms with Crippen LogP contribution in [0.15, 0.2) is 48.7 Å². The average Bonchev–Trinajstić information content (AvgIpc) is 3.17.